The van der Waals surface area contributed by atoms with Crippen LogP contribution in [0.25, 0.3) is 0 Å². The Bertz CT molecular complexity index is 474. The summed E-state index contributed by atoms with van der Waals surface area (Å²) in [6, 6.07) is 3.46. The van der Waals surface area contributed by atoms with Gasteiger partial charge in [0.15, 0.2) is 0 Å². The Balaban J connectivity index is 2.25. The maximum atomic E-state index is 12.0. The third-order valence-electron chi connectivity index (χ3n) is 3.41. The van der Waals surface area contributed by atoms with Crippen LogP contribution in [0, 0.1) is 5.92 Å². The molecule has 0 radical (unpaired) electrons. The molecule has 122 valence electrons. The van der Waals surface area contributed by atoms with E-state index in [1.54, 1.807) is 25.4 Å². The van der Waals surface area contributed by atoms with Gasteiger partial charge in [-0.25, -0.2) is 4.98 Å². The lowest BCUT2D eigenvalue weighted by atomic mass is 10.0. The van der Waals surface area contributed by atoms with E-state index in [1.165, 1.54) is 7.11 Å². The van der Waals surface area contributed by atoms with Gasteiger partial charge < -0.3 is 14.8 Å². The van der Waals surface area contributed by atoms with E-state index in [9.17, 15) is 9.59 Å². The van der Waals surface area contributed by atoms with Gasteiger partial charge >= 0.3 is 5.97 Å². The van der Waals surface area contributed by atoms with Crippen LogP contribution in [0.15, 0.2) is 18.3 Å². The number of hydrogen-bond acceptors (Lipinski definition) is 5. The van der Waals surface area contributed by atoms with Crippen molar-refractivity contribution in [2.75, 3.05) is 19.5 Å². The highest BCUT2D eigenvalue weighted by Crippen LogP contribution is 2.15. The van der Waals surface area contributed by atoms with Gasteiger partial charge in [0.2, 0.25) is 11.8 Å². The first-order valence-corrected chi connectivity index (χ1v) is 7.44. The van der Waals surface area contributed by atoms with Crippen LogP contribution in [0.2, 0.25) is 0 Å². The number of aromatic nitrogens is 1. The highest BCUT2D eigenvalue weighted by Gasteiger charge is 2.13. The van der Waals surface area contributed by atoms with Gasteiger partial charge in [0.25, 0.3) is 0 Å². The summed E-state index contributed by atoms with van der Waals surface area (Å²) < 4.78 is 9.55. The normalized spacial score (nSPS) is 11.6. The molecule has 0 aliphatic rings. The Morgan fingerprint density at radius 3 is 2.59 bits per heavy atom. The number of nitrogens with zero attached hydrogens (tertiary/aromatic N) is 1. The SMILES string of the molecule is COC(=O)CCCCCC(C)C(=O)Nc1ccc(OC)nc1. The highest BCUT2D eigenvalue weighted by molar-refractivity contribution is 5.92. The number of anilines is 1. The molecule has 1 unspecified atom stereocenters. The number of hydrogen-bond donors (Lipinski definition) is 1. The highest BCUT2D eigenvalue weighted by atomic mass is 16.5. The quantitative estimate of drug-likeness (QED) is 0.560. The number of nitrogens with one attached hydrogen (secondary N) is 1. The number of pyridine rings is 1. The molecule has 0 saturated carbocycles. The molecule has 0 bridgehead atoms. The Kier molecular flexibility index (Phi) is 7.96. The summed E-state index contributed by atoms with van der Waals surface area (Å²) in [6.45, 7) is 1.90. The number of unbranched alkanes of at least 4 members (excludes halogenated alkanes) is 2. The van der Waals surface area contributed by atoms with E-state index in [0.29, 0.717) is 18.0 Å². The molecule has 1 aromatic heterocycles. The third kappa shape index (κ3) is 6.56. The minimum atomic E-state index is -0.183. The topological polar surface area (TPSA) is 77.5 Å². The molecule has 1 atom stereocenters. The lowest BCUT2D eigenvalue weighted by Gasteiger charge is -2.12. The van der Waals surface area contributed by atoms with Crippen LogP contribution >= 0.6 is 0 Å². The van der Waals surface area contributed by atoms with Crippen molar-refractivity contribution in [3.8, 4) is 5.88 Å². The number of carbonyl (C=O) groups excluding carboxylic acids is 2. The Morgan fingerprint density at radius 1 is 1.23 bits per heavy atom. The van der Waals surface area contributed by atoms with E-state index in [1.807, 2.05) is 6.92 Å². The predicted octanol–water partition coefficient (Wildman–Crippen LogP) is 2.79. The van der Waals surface area contributed by atoms with Crippen molar-refractivity contribution in [3.05, 3.63) is 18.3 Å². The largest absolute Gasteiger partial charge is 0.481 e. The maximum absolute atomic E-state index is 12.0. The van der Waals surface area contributed by atoms with Crippen molar-refractivity contribution in [1.29, 1.82) is 0 Å². The summed E-state index contributed by atoms with van der Waals surface area (Å²) in [4.78, 5) is 27.0. The standard InChI is InChI=1S/C16H24N2O4/c1-12(7-5-4-6-8-15(19)22-3)16(20)18-13-9-10-14(21-2)17-11-13/h9-12H,4-8H2,1-3H3,(H,18,20). The molecule has 1 aromatic rings. The van der Waals surface area contributed by atoms with Crippen molar-refractivity contribution in [1.82, 2.24) is 4.98 Å². The van der Waals surface area contributed by atoms with Crippen molar-refractivity contribution < 1.29 is 19.1 Å². The molecule has 0 aliphatic heterocycles. The van der Waals surface area contributed by atoms with Gasteiger partial charge in [-0.2, -0.15) is 0 Å². The number of rotatable bonds is 9. The number of esters is 1. The average molecular weight is 308 g/mol. The van der Waals surface area contributed by atoms with Crippen LogP contribution in [0.5, 0.6) is 5.88 Å². The molecule has 0 saturated heterocycles. The lowest BCUT2D eigenvalue weighted by Crippen LogP contribution is -2.20. The first-order valence-electron chi connectivity index (χ1n) is 7.44. The van der Waals surface area contributed by atoms with Crippen LogP contribution in [-0.4, -0.2) is 31.1 Å². The smallest absolute Gasteiger partial charge is 0.305 e. The molecule has 1 amide bonds. The van der Waals surface area contributed by atoms with Crippen LogP contribution < -0.4 is 10.1 Å². The van der Waals surface area contributed by atoms with Crippen LogP contribution in [0.4, 0.5) is 5.69 Å². The van der Waals surface area contributed by atoms with E-state index >= 15 is 0 Å². The van der Waals surface area contributed by atoms with Gasteiger partial charge in [-0.15, -0.1) is 0 Å². The molecule has 0 aliphatic carbocycles. The Labute approximate surface area is 131 Å². The molecule has 6 nitrogen and oxygen atoms in total. The average Bonchev–Trinajstić information content (AvgIpc) is 2.54. The number of amides is 1. The first kappa shape index (κ1) is 17.9. The summed E-state index contributed by atoms with van der Waals surface area (Å²) >= 11 is 0. The number of carbonyl (C=O) groups is 2. The molecule has 0 spiro atoms. The fourth-order valence-electron chi connectivity index (χ4n) is 1.97. The number of ether oxygens (including phenoxy) is 2. The second-order valence-electron chi connectivity index (χ2n) is 5.16. The maximum Gasteiger partial charge on any atom is 0.305 e. The number of methoxy groups -OCH3 is 2. The van der Waals surface area contributed by atoms with Crippen molar-refractivity contribution >= 4 is 17.6 Å². The zero-order valence-electron chi connectivity index (χ0n) is 13.4. The van der Waals surface area contributed by atoms with E-state index < -0.39 is 0 Å². The zero-order chi connectivity index (χ0) is 16.4. The van der Waals surface area contributed by atoms with Gasteiger partial charge in [0.05, 0.1) is 26.1 Å². The first-order chi connectivity index (χ1) is 10.6. The Morgan fingerprint density at radius 2 is 2.00 bits per heavy atom. The minimum Gasteiger partial charge on any atom is -0.481 e. The van der Waals surface area contributed by atoms with E-state index in [0.717, 1.165) is 25.7 Å². The minimum absolute atomic E-state index is 0.0278. The Hall–Kier alpha value is -2.11. The van der Waals surface area contributed by atoms with Crippen molar-refractivity contribution in [2.45, 2.75) is 39.0 Å². The molecule has 1 N–H and O–H groups in total. The van der Waals surface area contributed by atoms with Crippen molar-refractivity contribution in [2.24, 2.45) is 5.92 Å². The fourth-order valence-corrected chi connectivity index (χ4v) is 1.97. The molecule has 22 heavy (non-hydrogen) atoms. The summed E-state index contributed by atoms with van der Waals surface area (Å²) in [7, 11) is 2.94. The molecular formula is C16H24N2O4. The monoisotopic (exact) mass is 308 g/mol. The molecule has 6 heteroatoms. The summed E-state index contributed by atoms with van der Waals surface area (Å²) in [5.74, 6) is 0.217. The van der Waals surface area contributed by atoms with E-state index in [4.69, 9.17) is 4.74 Å². The molecular weight excluding hydrogens is 284 g/mol. The summed E-state index contributed by atoms with van der Waals surface area (Å²) in [6.07, 6.45) is 5.41. The summed E-state index contributed by atoms with van der Waals surface area (Å²) in [5, 5.41) is 2.83. The van der Waals surface area contributed by atoms with Crippen molar-refractivity contribution in [3.63, 3.8) is 0 Å². The van der Waals surface area contributed by atoms with Gasteiger partial charge in [-0.05, 0) is 18.9 Å². The second-order valence-corrected chi connectivity index (χ2v) is 5.16. The van der Waals surface area contributed by atoms with Crippen LogP contribution in [0.3, 0.4) is 0 Å². The van der Waals surface area contributed by atoms with E-state index in [-0.39, 0.29) is 17.8 Å². The van der Waals surface area contributed by atoms with Gasteiger partial charge in [0, 0.05) is 18.4 Å². The van der Waals surface area contributed by atoms with Crippen LogP contribution in [-0.2, 0) is 14.3 Å². The molecule has 1 rings (SSSR count). The lowest BCUT2D eigenvalue weighted by molar-refractivity contribution is -0.140. The van der Waals surface area contributed by atoms with Gasteiger partial charge in [0.1, 0.15) is 0 Å². The summed E-state index contributed by atoms with van der Waals surface area (Å²) in [5.41, 5.74) is 0.656. The van der Waals surface area contributed by atoms with E-state index in [2.05, 4.69) is 15.0 Å². The third-order valence-corrected chi connectivity index (χ3v) is 3.41. The van der Waals surface area contributed by atoms with Gasteiger partial charge in [-0.1, -0.05) is 19.8 Å². The predicted molar refractivity (Wildman–Crippen MR) is 83.7 cm³/mol. The zero-order valence-corrected chi connectivity index (χ0v) is 13.4. The van der Waals surface area contributed by atoms with Crippen LogP contribution in [0.1, 0.15) is 39.0 Å². The molecule has 1 heterocycles. The van der Waals surface area contributed by atoms with Gasteiger partial charge in [-0.3, -0.25) is 9.59 Å². The molecule has 0 fully saturated rings. The second kappa shape index (κ2) is 9.76. The molecule has 0 aromatic carbocycles. The fraction of sp³-hybridized carbons (Fsp3) is 0.562.